The minimum Gasteiger partial charge on any atom is -0.344 e. The molecule has 2 rings (SSSR count). The van der Waals surface area contributed by atoms with E-state index >= 15 is 0 Å². The molecule has 1 N–H and O–H groups in total. The Morgan fingerprint density at radius 1 is 1.25 bits per heavy atom. The quantitative estimate of drug-likeness (QED) is 0.911. The lowest BCUT2D eigenvalue weighted by atomic mass is 10.0. The smallest absolute Gasteiger partial charge is 0.268 e. The number of hydrogen-bond acceptors (Lipinski definition) is 1. The first-order valence-corrected chi connectivity index (χ1v) is 7.09. The lowest BCUT2D eigenvalue weighted by Gasteiger charge is -2.18. The number of aryl methyl sites for hydroxylation is 1. The van der Waals surface area contributed by atoms with E-state index in [1.54, 1.807) is 0 Å². The van der Waals surface area contributed by atoms with Crippen LogP contribution in [-0.4, -0.2) is 10.5 Å². The fraction of sp³-hybridized carbons (Fsp3) is 0.312. The monoisotopic (exact) mass is 290 g/mol. The molecular weight excluding hydrogens is 272 g/mol. The van der Waals surface area contributed by atoms with Crippen molar-refractivity contribution in [3.63, 3.8) is 0 Å². The van der Waals surface area contributed by atoms with Crippen LogP contribution >= 0.6 is 11.6 Å². The number of hydrogen-bond donors (Lipinski definition) is 1. The molecule has 1 heterocycles. The highest BCUT2D eigenvalue weighted by Crippen LogP contribution is 2.20. The van der Waals surface area contributed by atoms with Crippen LogP contribution in [0.2, 0.25) is 5.02 Å². The van der Waals surface area contributed by atoms with E-state index in [9.17, 15) is 4.79 Å². The first kappa shape index (κ1) is 14.7. The van der Waals surface area contributed by atoms with Gasteiger partial charge in [-0.25, -0.2) is 0 Å². The summed E-state index contributed by atoms with van der Waals surface area (Å²) in [4.78, 5) is 12.3. The van der Waals surface area contributed by atoms with Crippen molar-refractivity contribution in [2.75, 3.05) is 0 Å². The van der Waals surface area contributed by atoms with Crippen molar-refractivity contribution in [2.45, 2.75) is 26.3 Å². The Bertz CT molecular complexity index is 601. The molecule has 106 valence electrons. The van der Waals surface area contributed by atoms with Gasteiger partial charge in [-0.15, -0.1) is 0 Å². The third-order valence-corrected chi connectivity index (χ3v) is 3.84. The Balaban J connectivity index is 2.16. The summed E-state index contributed by atoms with van der Waals surface area (Å²) < 4.78 is 1.89. The third-order valence-electron chi connectivity index (χ3n) is 3.59. The number of halogens is 1. The Morgan fingerprint density at radius 3 is 2.40 bits per heavy atom. The summed E-state index contributed by atoms with van der Waals surface area (Å²) >= 11 is 5.89. The highest BCUT2D eigenvalue weighted by Gasteiger charge is 2.16. The topological polar surface area (TPSA) is 34.0 Å². The summed E-state index contributed by atoms with van der Waals surface area (Å²) in [5, 5.41) is 3.77. The maximum atomic E-state index is 12.3. The molecule has 0 aliphatic heterocycles. The average molecular weight is 291 g/mol. The molecule has 0 saturated heterocycles. The Labute approximate surface area is 124 Å². The van der Waals surface area contributed by atoms with Crippen molar-refractivity contribution in [1.82, 2.24) is 9.88 Å². The van der Waals surface area contributed by atoms with Crippen molar-refractivity contribution < 1.29 is 4.79 Å². The number of nitrogens with zero attached hydrogens (tertiary/aromatic N) is 1. The Hall–Kier alpha value is -1.74. The summed E-state index contributed by atoms with van der Waals surface area (Å²) in [5.74, 6) is -0.0533. The molecule has 2 aromatic rings. The van der Waals surface area contributed by atoms with Gasteiger partial charge in [-0.2, -0.15) is 0 Å². The largest absolute Gasteiger partial charge is 0.344 e. The van der Waals surface area contributed by atoms with Crippen molar-refractivity contribution in [3.8, 4) is 0 Å². The van der Waals surface area contributed by atoms with E-state index < -0.39 is 0 Å². The maximum Gasteiger partial charge on any atom is 0.268 e. The molecule has 1 aromatic heterocycles. The number of rotatable bonds is 4. The molecule has 0 spiro atoms. The van der Waals surface area contributed by atoms with Gasteiger partial charge in [0.15, 0.2) is 0 Å². The summed E-state index contributed by atoms with van der Waals surface area (Å²) in [5.41, 5.74) is 2.81. The minimum absolute atomic E-state index is 0.00465. The predicted molar refractivity (Wildman–Crippen MR) is 82.1 cm³/mol. The van der Waals surface area contributed by atoms with Gasteiger partial charge in [-0.1, -0.05) is 30.7 Å². The Morgan fingerprint density at radius 2 is 1.90 bits per heavy atom. The van der Waals surface area contributed by atoms with E-state index in [0.717, 1.165) is 17.7 Å². The van der Waals surface area contributed by atoms with E-state index in [1.165, 1.54) is 0 Å². The third kappa shape index (κ3) is 3.05. The van der Waals surface area contributed by atoms with Gasteiger partial charge in [0, 0.05) is 17.8 Å². The zero-order chi connectivity index (χ0) is 14.7. The van der Waals surface area contributed by atoms with Gasteiger partial charge in [0.25, 0.3) is 5.91 Å². The molecule has 0 bridgehead atoms. The molecule has 0 radical (unpaired) electrons. The molecule has 4 heteroatoms. The molecule has 1 atom stereocenters. The van der Waals surface area contributed by atoms with Crippen molar-refractivity contribution in [2.24, 2.45) is 7.05 Å². The molecule has 0 fully saturated rings. The fourth-order valence-electron chi connectivity index (χ4n) is 2.19. The van der Waals surface area contributed by atoms with Crippen molar-refractivity contribution in [3.05, 3.63) is 58.4 Å². The van der Waals surface area contributed by atoms with E-state index in [-0.39, 0.29) is 11.9 Å². The van der Waals surface area contributed by atoms with Crippen LogP contribution in [0.25, 0.3) is 0 Å². The van der Waals surface area contributed by atoms with Crippen LogP contribution in [-0.2, 0) is 7.05 Å². The molecule has 0 aliphatic carbocycles. The van der Waals surface area contributed by atoms with E-state index in [0.29, 0.717) is 10.7 Å². The van der Waals surface area contributed by atoms with Gasteiger partial charge in [-0.05, 0) is 43.2 Å². The number of amides is 1. The maximum absolute atomic E-state index is 12.3. The van der Waals surface area contributed by atoms with Crippen LogP contribution in [0.3, 0.4) is 0 Å². The van der Waals surface area contributed by atoms with Crippen molar-refractivity contribution in [1.29, 1.82) is 0 Å². The van der Waals surface area contributed by atoms with Gasteiger partial charge < -0.3 is 9.88 Å². The first-order valence-electron chi connectivity index (χ1n) is 6.71. The zero-order valence-electron chi connectivity index (χ0n) is 12.0. The van der Waals surface area contributed by atoms with Gasteiger partial charge in [0.2, 0.25) is 0 Å². The highest BCUT2D eigenvalue weighted by molar-refractivity contribution is 6.30. The number of carbonyl (C=O) groups is 1. The zero-order valence-corrected chi connectivity index (χ0v) is 12.7. The lowest BCUT2D eigenvalue weighted by Crippen LogP contribution is -2.29. The van der Waals surface area contributed by atoms with Crippen LogP contribution in [0.5, 0.6) is 0 Å². The van der Waals surface area contributed by atoms with Crippen LogP contribution < -0.4 is 5.32 Å². The van der Waals surface area contributed by atoms with E-state index in [4.69, 9.17) is 11.6 Å². The second-order valence-electron chi connectivity index (χ2n) is 4.90. The van der Waals surface area contributed by atoms with E-state index in [2.05, 4.69) is 12.2 Å². The summed E-state index contributed by atoms with van der Waals surface area (Å²) in [6.07, 6.45) is 0.830. The molecule has 0 saturated carbocycles. The summed E-state index contributed by atoms with van der Waals surface area (Å²) in [6, 6.07) is 11.4. The van der Waals surface area contributed by atoms with E-state index in [1.807, 2.05) is 54.9 Å². The predicted octanol–water partition coefficient (Wildman–Crippen LogP) is 3.87. The molecule has 20 heavy (non-hydrogen) atoms. The normalized spacial score (nSPS) is 12.2. The molecule has 1 amide bonds. The molecule has 1 aromatic carbocycles. The van der Waals surface area contributed by atoms with Gasteiger partial charge >= 0.3 is 0 Å². The fourth-order valence-corrected chi connectivity index (χ4v) is 2.32. The standard InChI is InChI=1S/C16H19ClN2O/c1-4-14(12-6-8-13(17)9-7-12)18-16(20)15-10-5-11(2)19(15)3/h5-10,14H,4H2,1-3H3,(H,18,20). The average Bonchev–Trinajstić information content (AvgIpc) is 2.77. The van der Waals surface area contributed by atoms with Gasteiger partial charge in [-0.3, -0.25) is 4.79 Å². The summed E-state index contributed by atoms with van der Waals surface area (Å²) in [6.45, 7) is 4.03. The number of nitrogens with one attached hydrogen (secondary N) is 1. The van der Waals surface area contributed by atoms with Gasteiger partial charge in [0.1, 0.15) is 5.69 Å². The first-order chi connectivity index (χ1) is 9.52. The molecule has 3 nitrogen and oxygen atoms in total. The van der Waals surface area contributed by atoms with Crippen molar-refractivity contribution >= 4 is 17.5 Å². The molecular formula is C16H19ClN2O. The van der Waals surface area contributed by atoms with Crippen LogP contribution in [0.1, 0.15) is 41.1 Å². The Kier molecular flexibility index (Phi) is 4.50. The lowest BCUT2D eigenvalue weighted by molar-refractivity contribution is 0.0927. The number of carbonyl (C=O) groups excluding carboxylic acids is 1. The second-order valence-corrected chi connectivity index (χ2v) is 5.34. The molecule has 1 unspecified atom stereocenters. The molecule has 0 aliphatic rings. The highest BCUT2D eigenvalue weighted by atomic mass is 35.5. The number of benzene rings is 1. The van der Waals surface area contributed by atoms with Crippen LogP contribution in [0.4, 0.5) is 0 Å². The SMILES string of the molecule is CCC(NC(=O)c1ccc(C)n1C)c1ccc(Cl)cc1. The number of aromatic nitrogens is 1. The summed E-state index contributed by atoms with van der Waals surface area (Å²) in [7, 11) is 1.90. The van der Waals surface area contributed by atoms with Gasteiger partial charge in [0.05, 0.1) is 6.04 Å². The van der Waals surface area contributed by atoms with Crippen LogP contribution in [0.15, 0.2) is 36.4 Å². The van der Waals surface area contributed by atoms with Crippen LogP contribution in [0, 0.1) is 6.92 Å². The minimum atomic E-state index is -0.0533. The second kappa shape index (κ2) is 6.14.